The Bertz CT molecular complexity index is 736. The Hall–Kier alpha value is -1.14. The number of thiazole rings is 1. The van der Waals surface area contributed by atoms with Crippen LogP contribution in [-0.2, 0) is 0 Å². The molecule has 2 aliphatic rings. The Balaban J connectivity index is 0.00000169. The van der Waals surface area contributed by atoms with Gasteiger partial charge in [-0.1, -0.05) is 29.8 Å². The lowest BCUT2D eigenvalue weighted by Gasteiger charge is -2.23. The Kier molecular flexibility index (Phi) is 5.45. The van der Waals surface area contributed by atoms with Gasteiger partial charge in [-0.2, -0.15) is 0 Å². The molecule has 24 heavy (non-hydrogen) atoms. The van der Waals surface area contributed by atoms with Crippen LogP contribution in [0.25, 0.3) is 10.6 Å². The molecule has 3 heterocycles. The number of nitrogens with one attached hydrogen (secondary N) is 1. The van der Waals surface area contributed by atoms with Gasteiger partial charge in [0.2, 0.25) is 0 Å². The van der Waals surface area contributed by atoms with Gasteiger partial charge in [-0.05, 0) is 25.3 Å². The van der Waals surface area contributed by atoms with Gasteiger partial charge in [0.1, 0.15) is 10.7 Å². The third-order valence-electron chi connectivity index (χ3n) is 4.64. The Morgan fingerprint density at radius 2 is 2.04 bits per heavy atom. The highest BCUT2D eigenvalue weighted by atomic mass is 35.5. The molecule has 2 atom stereocenters. The summed E-state index contributed by atoms with van der Waals surface area (Å²) in [7, 11) is 0. The average molecular weight is 384 g/mol. The van der Waals surface area contributed by atoms with Gasteiger partial charge in [0.15, 0.2) is 0 Å². The third kappa shape index (κ3) is 3.45. The number of fused-ring (bicyclic) bond motifs is 2. The lowest BCUT2D eigenvalue weighted by molar-refractivity contribution is 0.0743. The minimum atomic E-state index is 0. The van der Waals surface area contributed by atoms with Crippen molar-refractivity contribution in [2.75, 3.05) is 13.1 Å². The molecule has 2 unspecified atom stereocenters. The van der Waals surface area contributed by atoms with Crippen molar-refractivity contribution >= 4 is 41.3 Å². The van der Waals surface area contributed by atoms with Gasteiger partial charge in [-0.3, -0.25) is 4.79 Å². The zero-order valence-corrected chi connectivity index (χ0v) is 15.5. The van der Waals surface area contributed by atoms with Crippen LogP contribution in [0.15, 0.2) is 29.6 Å². The number of hydrogen-bond acceptors (Lipinski definition) is 4. The zero-order chi connectivity index (χ0) is 15.8. The summed E-state index contributed by atoms with van der Waals surface area (Å²) >= 11 is 7.69. The highest BCUT2D eigenvalue weighted by Gasteiger charge is 2.32. The summed E-state index contributed by atoms with van der Waals surface area (Å²) in [4.78, 5) is 19.2. The number of nitrogens with zero attached hydrogens (tertiary/aromatic N) is 2. The first-order valence-electron chi connectivity index (χ1n) is 7.96. The van der Waals surface area contributed by atoms with Crippen LogP contribution in [0.4, 0.5) is 0 Å². The molecule has 2 fully saturated rings. The molecule has 0 saturated carbocycles. The van der Waals surface area contributed by atoms with E-state index >= 15 is 0 Å². The van der Waals surface area contributed by atoms with E-state index in [1.165, 1.54) is 17.8 Å². The molecule has 1 amide bonds. The fourth-order valence-electron chi connectivity index (χ4n) is 3.42. The van der Waals surface area contributed by atoms with E-state index in [0.29, 0.717) is 22.8 Å². The molecule has 1 aromatic carbocycles. The van der Waals surface area contributed by atoms with Crippen LogP contribution in [0, 0.1) is 0 Å². The van der Waals surface area contributed by atoms with Crippen LogP contribution >= 0.6 is 35.3 Å². The van der Waals surface area contributed by atoms with Gasteiger partial charge in [0, 0.05) is 36.1 Å². The van der Waals surface area contributed by atoms with Crippen molar-refractivity contribution in [1.82, 2.24) is 15.2 Å². The molecule has 2 aliphatic heterocycles. The number of halogens is 2. The number of rotatable bonds is 2. The van der Waals surface area contributed by atoms with Gasteiger partial charge in [0.05, 0.1) is 5.02 Å². The number of carbonyl (C=O) groups excluding carboxylic acids is 1. The minimum Gasteiger partial charge on any atom is -0.336 e. The average Bonchev–Trinajstić information content (AvgIpc) is 3.14. The zero-order valence-electron chi connectivity index (χ0n) is 13.1. The van der Waals surface area contributed by atoms with E-state index in [0.717, 1.165) is 36.5 Å². The van der Waals surface area contributed by atoms with Crippen LogP contribution in [0.2, 0.25) is 5.02 Å². The maximum absolute atomic E-state index is 12.8. The molecule has 0 radical (unpaired) electrons. The lowest BCUT2D eigenvalue weighted by Crippen LogP contribution is -2.39. The molecule has 2 saturated heterocycles. The number of carbonyl (C=O) groups is 1. The van der Waals surface area contributed by atoms with E-state index in [1.54, 1.807) is 0 Å². The van der Waals surface area contributed by atoms with Crippen LogP contribution in [0.5, 0.6) is 0 Å². The van der Waals surface area contributed by atoms with Crippen molar-refractivity contribution in [1.29, 1.82) is 0 Å². The van der Waals surface area contributed by atoms with Gasteiger partial charge >= 0.3 is 0 Å². The number of likely N-dealkylation sites (tertiary alicyclic amines) is 1. The fraction of sp³-hybridized carbons (Fsp3) is 0.412. The normalized spacial score (nSPS) is 22.8. The van der Waals surface area contributed by atoms with Crippen molar-refractivity contribution in [3.05, 3.63) is 40.4 Å². The van der Waals surface area contributed by atoms with Crippen molar-refractivity contribution in [2.45, 2.75) is 31.3 Å². The topological polar surface area (TPSA) is 45.2 Å². The molecular formula is C17H19Cl2N3OS. The van der Waals surface area contributed by atoms with Crippen LogP contribution in [0.1, 0.15) is 29.8 Å². The molecule has 1 aromatic heterocycles. The van der Waals surface area contributed by atoms with Crippen molar-refractivity contribution in [3.63, 3.8) is 0 Å². The van der Waals surface area contributed by atoms with E-state index in [9.17, 15) is 4.79 Å². The van der Waals surface area contributed by atoms with Gasteiger partial charge in [0.25, 0.3) is 5.91 Å². The summed E-state index contributed by atoms with van der Waals surface area (Å²) in [6.07, 6.45) is 3.43. The molecule has 2 bridgehead atoms. The summed E-state index contributed by atoms with van der Waals surface area (Å²) < 4.78 is 0. The quantitative estimate of drug-likeness (QED) is 0.856. The molecule has 0 aliphatic carbocycles. The molecule has 4 rings (SSSR count). The Morgan fingerprint density at radius 3 is 2.88 bits per heavy atom. The monoisotopic (exact) mass is 383 g/mol. The predicted molar refractivity (Wildman–Crippen MR) is 100 cm³/mol. The first-order valence-corrected chi connectivity index (χ1v) is 9.22. The molecule has 128 valence electrons. The van der Waals surface area contributed by atoms with Crippen molar-refractivity contribution in [2.24, 2.45) is 0 Å². The van der Waals surface area contributed by atoms with E-state index in [4.69, 9.17) is 11.6 Å². The van der Waals surface area contributed by atoms with Gasteiger partial charge in [-0.25, -0.2) is 4.98 Å². The summed E-state index contributed by atoms with van der Waals surface area (Å²) in [6.45, 7) is 1.60. The second-order valence-electron chi connectivity index (χ2n) is 6.20. The molecular weight excluding hydrogens is 365 g/mol. The number of hydrogen-bond donors (Lipinski definition) is 1. The largest absolute Gasteiger partial charge is 0.336 e. The fourth-order valence-corrected chi connectivity index (χ4v) is 4.53. The Labute approximate surface area is 156 Å². The standard InChI is InChI=1S/C17H18ClN3OS.ClH/c18-14-4-2-1-3-13(14)16-20-15(10-23-16)17(22)21-8-7-11-5-6-12(9-21)19-11;/h1-4,10-12,19H,5-9H2;1H. The molecule has 7 heteroatoms. The van der Waals surface area contributed by atoms with E-state index in [2.05, 4.69) is 10.3 Å². The summed E-state index contributed by atoms with van der Waals surface area (Å²) in [6, 6.07) is 8.62. The highest BCUT2D eigenvalue weighted by molar-refractivity contribution is 7.13. The second-order valence-corrected chi connectivity index (χ2v) is 7.46. The highest BCUT2D eigenvalue weighted by Crippen LogP contribution is 2.30. The van der Waals surface area contributed by atoms with Gasteiger partial charge < -0.3 is 10.2 Å². The van der Waals surface area contributed by atoms with E-state index < -0.39 is 0 Å². The lowest BCUT2D eigenvalue weighted by atomic mass is 10.1. The number of amides is 1. The summed E-state index contributed by atoms with van der Waals surface area (Å²) in [5.74, 6) is 0.0360. The first-order chi connectivity index (χ1) is 11.2. The predicted octanol–water partition coefficient (Wildman–Crippen LogP) is 3.85. The SMILES string of the molecule is Cl.O=C(c1csc(-c2ccccc2Cl)n1)N1CCC2CCC(C1)N2. The minimum absolute atomic E-state index is 0. The molecule has 4 nitrogen and oxygen atoms in total. The van der Waals surface area contributed by atoms with Crippen LogP contribution < -0.4 is 5.32 Å². The van der Waals surface area contributed by atoms with Crippen molar-refractivity contribution < 1.29 is 4.79 Å². The Morgan fingerprint density at radius 1 is 1.25 bits per heavy atom. The van der Waals surface area contributed by atoms with Crippen molar-refractivity contribution in [3.8, 4) is 10.6 Å². The first kappa shape index (κ1) is 17.7. The molecule has 1 N–H and O–H groups in total. The number of benzene rings is 1. The summed E-state index contributed by atoms with van der Waals surface area (Å²) in [5.41, 5.74) is 1.41. The van der Waals surface area contributed by atoms with Crippen LogP contribution in [-0.4, -0.2) is 41.0 Å². The van der Waals surface area contributed by atoms with Crippen LogP contribution in [0.3, 0.4) is 0 Å². The molecule has 0 spiro atoms. The smallest absolute Gasteiger partial charge is 0.273 e. The van der Waals surface area contributed by atoms with E-state index in [-0.39, 0.29) is 18.3 Å². The maximum Gasteiger partial charge on any atom is 0.273 e. The number of aromatic nitrogens is 1. The summed E-state index contributed by atoms with van der Waals surface area (Å²) in [5, 5.41) is 6.91. The third-order valence-corrected chi connectivity index (χ3v) is 5.84. The second kappa shape index (κ2) is 7.40. The van der Waals surface area contributed by atoms with Gasteiger partial charge in [-0.15, -0.1) is 23.7 Å². The maximum atomic E-state index is 12.8. The van der Waals surface area contributed by atoms with E-state index in [1.807, 2.05) is 34.5 Å². The molecule has 2 aromatic rings.